The van der Waals surface area contributed by atoms with Crippen LogP contribution in [0.4, 0.5) is 0 Å². The molecule has 0 aliphatic carbocycles. The average Bonchev–Trinajstić information content (AvgIpc) is 3.84. The van der Waals surface area contributed by atoms with E-state index in [0.717, 1.165) is 0 Å². The minimum Gasteiger partial charge on any atom is -0.309 e. The van der Waals surface area contributed by atoms with Crippen LogP contribution in [0.5, 0.6) is 0 Å². The molecule has 0 aliphatic rings. The van der Waals surface area contributed by atoms with E-state index in [1.54, 1.807) is 0 Å². The summed E-state index contributed by atoms with van der Waals surface area (Å²) in [5.41, 5.74) is 7.65. The van der Waals surface area contributed by atoms with E-state index in [2.05, 4.69) is 342 Å². The highest BCUT2D eigenvalue weighted by Gasteiger charge is 2.36. The van der Waals surface area contributed by atoms with Gasteiger partial charge in [-0.05, 0) is 91.7 Å². The highest BCUT2D eigenvalue weighted by Crippen LogP contribution is 2.31. The Morgan fingerprint density at radius 3 is 0.658 bits per heavy atom. The standard InChI is InChI=1S/C31H25NSi.C22H24Si.C19H18Si/c1-33(25-12-4-2-5-13-25,26-14-6-3-7-15-26)27-22-20-24(21-23-27)32-30-18-10-8-16-28(30)29-17-9-11-19-31(29)32;1-17-5-11-20(12-6-17)23(4,21-13-7-18(2)8-14-21)22-15-9-19(3)10-16-22;1-20(17-11-5-2-6-12-17,18-13-7-3-8-14-18)19-15-9-4-10-16-19/h2-23H,1H3;5-16H,1-4H3;2-16H,1H3. The van der Waals surface area contributed by atoms with Gasteiger partial charge in [0.1, 0.15) is 24.2 Å². The minimum atomic E-state index is -2.10. The number of nitrogens with zero attached hydrogens (tertiary/aromatic N) is 1. The molecule has 0 amide bonds. The number of hydrogen-bond donors (Lipinski definition) is 0. The zero-order valence-electron chi connectivity index (χ0n) is 44.7. The fraction of sp³-hybridized carbons (Fsp3) is 0.0833. The lowest BCUT2D eigenvalue weighted by atomic mass is 10.2. The molecule has 1 nitrogen and oxygen atoms in total. The molecule has 0 fully saturated rings. The lowest BCUT2D eigenvalue weighted by Gasteiger charge is -2.30. The second-order valence-electron chi connectivity index (χ2n) is 20.7. The molecule has 1 aromatic heterocycles. The predicted octanol–water partition coefficient (Wildman–Crippen LogP) is 12.4. The topological polar surface area (TPSA) is 4.93 Å². The third-order valence-electron chi connectivity index (χ3n) is 15.9. The number of aromatic nitrogens is 1. The number of para-hydroxylation sites is 2. The first-order valence-corrected chi connectivity index (χ1v) is 34.2. The number of aryl methyl sites for hydroxylation is 3. The van der Waals surface area contributed by atoms with Crippen molar-refractivity contribution in [3.63, 3.8) is 0 Å². The van der Waals surface area contributed by atoms with Crippen molar-refractivity contribution in [1.82, 2.24) is 4.57 Å². The maximum absolute atomic E-state index is 2.47. The van der Waals surface area contributed by atoms with Crippen LogP contribution in [-0.2, 0) is 0 Å². The summed E-state index contributed by atoms with van der Waals surface area (Å²) in [7, 11) is -5.93. The van der Waals surface area contributed by atoms with E-state index in [1.165, 1.54) is 90.9 Å². The fourth-order valence-corrected chi connectivity index (χ4v) is 21.8. The van der Waals surface area contributed by atoms with E-state index in [9.17, 15) is 0 Å². The maximum Gasteiger partial charge on any atom is 0.145 e. The summed E-state index contributed by atoms with van der Waals surface area (Å²) in [6, 6.07) is 109. The molecular formula is C72H67NSi3. The fourth-order valence-electron chi connectivity index (χ4n) is 11.2. The van der Waals surface area contributed by atoms with Crippen LogP contribution in [0.2, 0.25) is 19.6 Å². The molecule has 0 bridgehead atoms. The number of rotatable bonds is 10. The molecule has 0 spiro atoms. The molecule has 12 rings (SSSR count). The summed E-state index contributed by atoms with van der Waals surface area (Å²) in [6.45, 7) is 13.8. The van der Waals surface area contributed by atoms with Crippen molar-refractivity contribution in [2.24, 2.45) is 0 Å². The smallest absolute Gasteiger partial charge is 0.145 e. The largest absolute Gasteiger partial charge is 0.309 e. The first kappa shape index (κ1) is 51.4. The Morgan fingerprint density at radius 1 is 0.211 bits per heavy atom. The lowest BCUT2D eigenvalue weighted by molar-refractivity contribution is 1.18. The van der Waals surface area contributed by atoms with Gasteiger partial charge in [0.2, 0.25) is 0 Å². The van der Waals surface area contributed by atoms with Crippen LogP contribution >= 0.6 is 0 Å². The molecule has 12 aromatic rings. The van der Waals surface area contributed by atoms with Gasteiger partial charge < -0.3 is 4.57 Å². The van der Waals surface area contributed by atoms with Crippen LogP contribution in [0.3, 0.4) is 0 Å². The molecule has 0 aliphatic heterocycles. The van der Waals surface area contributed by atoms with Crippen LogP contribution in [-0.4, -0.2) is 28.8 Å². The number of benzene rings is 11. The van der Waals surface area contributed by atoms with Crippen molar-refractivity contribution in [3.8, 4) is 5.69 Å². The van der Waals surface area contributed by atoms with Gasteiger partial charge in [-0.25, -0.2) is 0 Å². The van der Waals surface area contributed by atoms with E-state index in [0.29, 0.717) is 0 Å². The second-order valence-corrected chi connectivity index (χ2v) is 32.7. The van der Waals surface area contributed by atoms with Crippen molar-refractivity contribution in [3.05, 3.63) is 314 Å². The minimum absolute atomic E-state index is 1.20. The van der Waals surface area contributed by atoms with Crippen molar-refractivity contribution in [2.45, 2.75) is 40.4 Å². The van der Waals surface area contributed by atoms with E-state index >= 15 is 0 Å². The van der Waals surface area contributed by atoms with Gasteiger partial charge in [-0.3, -0.25) is 0 Å². The molecule has 0 atom stereocenters. The first-order valence-electron chi connectivity index (χ1n) is 26.7. The molecule has 0 saturated heterocycles. The highest BCUT2D eigenvalue weighted by molar-refractivity contribution is 7.11. The van der Waals surface area contributed by atoms with Crippen LogP contribution in [0.1, 0.15) is 16.7 Å². The second kappa shape index (κ2) is 22.8. The van der Waals surface area contributed by atoms with Crippen LogP contribution in [0, 0.1) is 20.8 Å². The van der Waals surface area contributed by atoms with Gasteiger partial charge in [0.05, 0.1) is 11.0 Å². The third kappa shape index (κ3) is 10.3. The quantitative estimate of drug-likeness (QED) is 0.0950. The summed E-state index contributed by atoms with van der Waals surface area (Å²) in [4.78, 5) is 0. The Balaban J connectivity index is 0.000000135. The zero-order chi connectivity index (χ0) is 52.5. The molecule has 1 heterocycles. The number of hydrogen-bond acceptors (Lipinski definition) is 0. The van der Waals surface area contributed by atoms with Gasteiger partial charge in [-0.1, -0.05) is 309 Å². The monoisotopic (exact) mass is 1030 g/mol. The van der Waals surface area contributed by atoms with Crippen molar-refractivity contribution in [2.75, 3.05) is 0 Å². The summed E-state index contributed by atoms with van der Waals surface area (Å²) >= 11 is 0. The molecule has 11 aromatic carbocycles. The van der Waals surface area contributed by atoms with Gasteiger partial charge in [0, 0.05) is 16.5 Å². The van der Waals surface area contributed by atoms with Crippen molar-refractivity contribution < 1.29 is 0 Å². The van der Waals surface area contributed by atoms with Crippen LogP contribution < -0.4 is 46.7 Å². The van der Waals surface area contributed by atoms with E-state index in [4.69, 9.17) is 0 Å². The van der Waals surface area contributed by atoms with Crippen molar-refractivity contribution in [1.29, 1.82) is 0 Å². The summed E-state index contributed by atoms with van der Waals surface area (Å²) in [6.07, 6.45) is 0. The molecule has 0 unspecified atom stereocenters. The Hall–Kier alpha value is -8.13. The Labute approximate surface area is 454 Å². The molecule has 0 saturated carbocycles. The van der Waals surface area contributed by atoms with E-state index in [1.807, 2.05) is 0 Å². The van der Waals surface area contributed by atoms with Crippen LogP contribution in [0.25, 0.3) is 27.5 Å². The molecule has 372 valence electrons. The van der Waals surface area contributed by atoms with E-state index < -0.39 is 24.2 Å². The number of fused-ring (bicyclic) bond motifs is 3. The molecule has 0 N–H and O–H groups in total. The van der Waals surface area contributed by atoms with Gasteiger partial charge in [0.25, 0.3) is 0 Å². The van der Waals surface area contributed by atoms with Crippen molar-refractivity contribution >= 4 is 92.7 Å². The first-order chi connectivity index (χ1) is 37.1. The van der Waals surface area contributed by atoms with Gasteiger partial charge in [-0.15, -0.1) is 0 Å². The van der Waals surface area contributed by atoms with Gasteiger partial charge in [0.15, 0.2) is 0 Å². The lowest BCUT2D eigenvalue weighted by Crippen LogP contribution is -2.64. The Morgan fingerprint density at radius 2 is 0.408 bits per heavy atom. The average molecular weight is 1030 g/mol. The summed E-state index contributed by atoms with van der Waals surface area (Å²) in [5, 5.41) is 15.6. The summed E-state index contributed by atoms with van der Waals surface area (Å²) in [5.74, 6) is 0. The Kier molecular flexibility index (Phi) is 15.4. The summed E-state index contributed by atoms with van der Waals surface area (Å²) < 4.78 is 2.39. The normalized spacial score (nSPS) is 11.6. The van der Waals surface area contributed by atoms with Gasteiger partial charge >= 0.3 is 0 Å². The van der Waals surface area contributed by atoms with Gasteiger partial charge in [-0.2, -0.15) is 0 Å². The van der Waals surface area contributed by atoms with Crippen LogP contribution in [0.15, 0.2) is 297 Å². The predicted molar refractivity (Wildman–Crippen MR) is 338 cm³/mol. The molecular weight excluding hydrogens is 963 g/mol. The third-order valence-corrected chi connectivity index (χ3v) is 29.3. The molecule has 0 radical (unpaired) electrons. The van der Waals surface area contributed by atoms with E-state index in [-0.39, 0.29) is 0 Å². The highest BCUT2D eigenvalue weighted by atomic mass is 28.3. The Bertz CT molecular complexity index is 3460. The zero-order valence-corrected chi connectivity index (χ0v) is 47.7. The SMILES string of the molecule is C[Si](c1ccccc1)(c1ccccc1)c1ccc(-n2c3ccccc3c3ccccc32)cc1.C[Si](c1ccccc1)(c1ccccc1)c1ccccc1.Cc1ccc([Si](C)(c2ccc(C)cc2)c2ccc(C)cc2)cc1. The molecule has 76 heavy (non-hydrogen) atoms. The molecule has 4 heteroatoms. The maximum atomic E-state index is 2.47.